The van der Waals surface area contributed by atoms with Gasteiger partial charge in [-0.05, 0) is 77.5 Å². The van der Waals surface area contributed by atoms with E-state index in [1.807, 2.05) is 61.5 Å². The van der Waals surface area contributed by atoms with Crippen molar-refractivity contribution in [3.05, 3.63) is 97.2 Å². The van der Waals surface area contributed by atoms with Crippen LogP contribution in [0, 0.1) is 10.5 Å². The number of hydrogen-bond donors (Lipinski definition) is 2. The Kier molecular flexibility index (Phi) is 7.57. The van der Waals surface area contributed by atoms with Crippen LogP contribution in [0.25, 0.3) is 10.9 Å². The molecule has 0 atom stereocenters. The molecular formula is C25H21Cl2IN4O. The molecule has 168 valence electrons. The molecule has 2 N–H and O–H groups in total. The Morgan fingerprint density at radius 1 is 1.06 bits per heavy atom. The molecule has 4 rings (SSSR count). The molecule has 5 nitrogen and oxygen atoms in total. The van der Waals surface area contributed by atoms with E-state index in [0.29, 0.717) is 16.6 Å². The molecule has 8 heteroatoms. The average molecular weight is 591 g/mol. The lowest BCUT2D eigenvalue weighted by molar-refractivity contribution is -0.119. The van der Waals surface area contributed by atoms with Crippen molar-refractivity contribution in [3.63, 3.8) is 0 Å². The van der Waals surface area contributed by atoms with Crippen molar-refractivity contribution in [1.29, 1.82) is 0 Å². The highest BCUT2D eigenvalue weighted by atomic mass is 127. The fourth-order valence-corrected chi connectivity index (χ4v) is 4.28. The third-order valence-corrected chi connectivity index (χ3v) is 6.74. The first-order chi connectivity index (χ1) is 15.9. The predicted octanol–water partition coefficient (Wildman–Crippen LogP) is 6.47. The molecule has 1 amide bonds. The van der Waals surface area contributed by atoms with Gasteiger partial charge in [0.2, 0.25) is 0 Å². The Labute approximate surface area is 215 Å². The molecule has 33 heavy (non-hydrogen) atoms. The average Bonchev–Trinajstić information content (AvgIpc) is 3.07. The van der Waals surface area contributed by atoms with Crippen LogP contribution >= 0.6 is 45.8 Å². The highest BCUT2D eigenvalue weighted by Crippen LogP contribution is 2.28. The molecule has 0 aliphatic rings. The summed E-state index contributed by atoms with van der Waals surface area (Å²) in [6, 6.07) is 21.6. The number of fused-ring (bicyclic) bond motifs is 1. The summed E-state index contributed by atoms with van der Waals surface area (Å²) in [6.45, 7) is 2.82. The van der Waals surface area contributed by atoms with Crippen molar-refractivity contribution in [2.24, 2.45) is 5.10 Å². The van der Waals surface area contributed by atoms with Crippen LogP contribution in [0.4, 0.5) is 5.69 Å². The van der Waals surface area contributed by atoms with Gasteiger partial charge in [0.25, 0.3) is 5.91 Å². The Balaban J connectivity index is 1.49. The number of rotatable bonds is 7. The number of hydrazone groups is 1. The van der Waals surface area contributed by atoms with Gasteiger partial charge in [0, 0.05) is 38.0 Å². The first kappa shape index (κ1) is 23.6. The van der Waals surface area contributed by atoms with Crippen molar-refractivity contribution >= 4 is 74.5 Å². The first-order valence-electron chi connectivity index (χ1n) is 10.3. The lowest BCUT2D eigenvalue weighted by atomic mass is 10.1. The van der Waals surface area contributed by atoms with Crippen LogP contribution < -0.4 is 10.7 Å². The summed E-state index contributed by atoms with van der Waals surface area (Å²) in [5.41, 5.74) is 7.61. The quantitative estimate of drug-likeness (QED) is 0.147. The first-order valence-corrected chi connectivity index (χ1v) is 12.1. The number of anilines is 1. The summed E-state index contributed by atoms with van der Waals surface area (Å²) in [5, 5.41) is 9.43. The van der Waals surface area contributed by atoms with Gasteiger partial charge in [-0.1, -0.05) is 47.5 Å². The molecule has 0 fully saturated rings. The van der Waals surface area contributed by atoms with E-state index in [2.05, 4.69) is 55.1 Å². The highest BCUT2D eigenvalue weighted by molar-refractivity contribution is 14.1. The topological polar surface area (TPSA) is 58.4 Å². The number of carbonyl (C=O) groups is 1. The van der Waals surface area contributed by atoms with Crippen LogP contribution in [0.5, 0.6) is 0 Å². The number of amides is 1. The second kappa shape index (κ2) is 10.6. The van der Waals surface area contributed by atoms with E-state index in [0.717, 1.165) is 37.0 Å². The van der Waals surface area contributed by atoms with E-state index in [4.69, 9.17) is 23.2 Å². The molecule has 3 aromatic carbocycles. The minimum atomic E-state index is -0.220. The molecule has 1 heterocycles. The Bertz CT molecular complexity index is 1330. The minimum absolute atomic E-state index is 0.135. The number of nitrogens with one attached hydrogen (secondary N) is 2. The van der Waals surface area contributed by atoms with Gasteiger partial charge in [0.1, 0.15) is 0 Å². The molecule has 0 bridgehead atoms. The van der Waals surface area contributed by atoms with Crippen molar-refractivity contribution in [2.75, 3.05) is 11.9 Å². The maximum absolute atomic E-state index is 12.2. The molecule has 0 aliphatic carbocycles. The van der Waals surface area contributed by atoms with Crippen LogP contribution in [0.1, 0.15) is 16.8 Å². The Morgan fingerprint density at radius 3 is 2.58 bits per heavy atom. The zero-order valence-electron chi connectivity index (χ0n) is 17.8. The van der Waals surface area contributed by atoms with Crippen LogP contribution in [0.15, 0.2) is 71.8 Å². The van der Waals surface area contributed by atoms with Crippen molar-refractivity contribution in [1.82, 2.24) is 9.99 Å². The summed E-state index contributed by atoms with van der Waals surface area (Å²) in [4.78, 5) is 12.2. The van der Waals surface area contributed by atoms with E-state index < -0.39 is 0 Å². The van der Waals surface area contributed by atoms with E-state index >= 15 is 0 Å². The molecule has 0 saturated heterocycles. The van der Waals surface area contributed by atoms with Crippen molar-refractivity contribution in [3.8, 4) is 0 Å². The summed E-state index contributed by atoms with van der Waals surface area (Å²) in [7, 11) is 0. The van der Waals surface area contributed by atoms with Crippen molar-refractivity contribution in [2.45, 2.75) is 13.5 Å². The zero-order chi connectivity index (χ0) is 23.4. The van der Waals surface area contributed by atoms with Gasteiger partial charge in [0.05, 0.1) is 22.8 Å². The normalized spacial score (nSPS) is 11.3. The number of carbonyl (C=O) groups excluding carboxylic acids is 1. The largest absolute Gasteiger partial charge is 0.376 e. The third kappa shape index (κ3) is 5.69. The lowest BCUT2D eigenvalue weighted by Gasteiger charge is -2.09. The molecule has 1 aromatic heterocycles. The summed E-state index contributed by atoms with van der Waals surface area (Å²) < 4.78 is 3.34. The van der Waals surface area contributed by atoms with Gasteiger partial charge in [-0.25, -0.2) is 5.43 Å². The van der Waals surface area contributed by atoms with Gasteiger partial charge in [-0.15, -0.1) is 0 Å². The van der Waals surface area contributed by atoms with Crippen molar-refractivity contribution < 1.29 is 4.79 Å². The summed E-state index contributed by atoms with van der Waals surface area (Å²) in [6.07, 6.45) is 1.70. The van der Waals surface area contributed by atoms with Gasteiger partial charge >= 0.3 is 0 Å². The highest BCUT2D eigenvalue weighted by Gasteiger charge is 2.13. The maximum Gasteiger partial charge on any atom is 0.259 e. The van der Waals surface area contributed by atoms with Gasteiger partial charge in [-0.2, -0.15) is 5.10 Å². The smallest absolute Gasteiger partial charge is 0.259 e. The van der Waals surface area contributed by atoms with E-state index in [9.17, 15) is 4.79 Å². The second-order valence-corrected chi connectivity index (χ2v) is 9.56. The Morgan fingerprint density at radius 2 is 1.82 bits per heavy atom. The Hall–Kier alpha value is -2.55. The monoisotopic (exact) mass is 590 g/mol. The predicted molar refractivity (Wildman–Crippen MR) is 146 cm³/mol. The van der Waals surface area contributed by atoms with Crippen LogP contribution in [0.2, 0.25) is 10.0 Å². The number of nitrogens with zero attached hydrogens (tertiary/aromatic N) is 2. The number of hydrogen-bond acceptors (Lipinski definition) is 3. The fraction of sp³-hybridized carbons (Fsp3) is 0.120. The number of halogens is 3. The van der Waals surface area contributed by atoms with Crippen LogP contribution in [0.3, 0.4) is 0 Å². The van der Waals surface area contributed by atoms with Crippen LogP contribution in [-0.4, -0.2) is 23.2 Å². The van der Waals surface area contributed by atoms with Gasteiger partial charge < -0.3 is 9.88 Å². The van der Waals surface area contributed by atoms with E-state index in [1.54, 1.807) is 6.21 Å². The molecular weight excluding hydrogens is 570 g/mol. The number of para-hydroxylation sites is 1. The molecule has 0 saturated carbocycles. The number of aromatic nitrogens is 1. The maximum atomic E-state index is 12.2. The van der Waals surface area contributed by atoms with Crippen LogP contribution in [-0.2, 0) is 11.3 Å². The van der Waals surface area contributed by atoms with Gasteiger partial charge in [0.15, 0.2) is 0 Å². The van der Waals surface area contributed by atoms with E-state index in [-0.39, 0.29) is 12.5 Å². The number of benzene rings is 3. The lowest BCUT2D eigenvalue weighted by Crippen LogP contribution is -2.25. The molecule has 0 radical (unpaired) electrons. The molecule has 0 unspecified atom stereocenters. The zero-order valence-corrected chi connectivity index (χ0v) is 21.4. The standard InChI is InChI=1S/C25H21Cl2IN4O/c1-16-21(13-30-31-25(33)14-29-19-9-7-18(28)8-10-19)20-4-2-3-5-24(20)32(16)15-17-6-11-22(26)23(27)12-17/h2-13,29H,14-15H2,1H3,(H,31,33)/b30-13-. The summed E-state index contributed by atoms with van der Waals surface area (Å²) in [5.74, 6) is -0.220. The SMILES string of the molecule is Cc1c(/C=N\NC(=O)CNc2ccc(I)cc2)c2ccccc2n1Cc1ccc(Cl)c(Cl)c1. The van der Waals surface area contributed by atoms with E-state index in [1.165, 1.54) is 0 Å². The minimum Gasteiger partial charge on any atom is -0.376 e. The third-order valence-electron chi connectivity index (χ3n) is 5.28. The fourth-order valence-electron chi connectivity index (χ4n) is 3.60. The molecule has 0 spiro atoms. The molecule has 0 aliphatic heterocycles. The second-order valence-electron chi connectivity index (χ2n) is 7.50. The molecule has 4 aromatic rings. The van der Waals surface area contributed by atoms with Gasteiger partial charge in [-0.3, -0.25) is 4.79 Å². The summed E-state index contributed by atoms with van der Waals surface area (Å²) >= 11 is 14.5.